The molecule has 118 valence electrons. The second-order valence-corrected chi connectivity index (χ2v) is 5.08. The van der Waals surface area contributed by atoms with E-state index in [-0.39, 0.29) is 13.2 Å². The zero-order valence-corrected chi connectivity index (χ0v) is 12.1. The molecule has 0 aromatic heterocycles. The predicted octanol–water partition coefficient (Wildman–Crippen LogP) is 4.17. The van der Waals surface area contributed by atoms with Crippen LogP contribution in [0.3, 0.4) is 0 Å². The number of rotatable bonds is 5. The van der Waals surface area contributed by atoms with Crippen LogP contribution in [-0.2, 0) is 6.18 Å². The summed E-state index contributed by atoms with van der Waals surface area (Å²) in [5.74, 6) is 0.148. The van der Waals surface area contributed by atoms with E-state index in [0.29, 0.717) is 11.3 Å². The van der Waals surface area contributed by atoms with E-state index in [2.05, 4.69) is 0 Å². The highest BCUT2D eigenvalue weighted by Gasteiger charge is 2.31. The number of halogens is 3. The molecule has 5 heteroatoms. The summed E-state index contributed by atoms with van der Waals surface area (Å²) < 4.78 is 43.9. The Kier molecular flexibility index (Phi) is 5.08. The SMILES string of the molecule is Cc1ccccc1OCC(CO)c1cccc(C(F)(F)F)c1. The van der Waals surface area contributed by atoms with Gasteiger partial charge in [0.2, 0.25) is 0 Å². The van der Waals surface area contributed by atoms with Gasteiger partial charge in [0.1, 0.15) is 5.75 Å². The van der Waals surface area contributed by atoms with Crippen molar-refractivity contribution in [3.05, 3.63) is 65.2 Å². The number of hydrogen-bond donors (Lipinski definition) is 1. The largest absolute Gasteiger partial charge is 0.493 e. The molecule has 0 aliphatic rings. The Labute approximate surface area is 127 Å². The first kappa shape index (κ1) is 16.4. The molecule has 2 aromatic rings. The monoisotopic (exact) mass is 310 g/mol. The van der Waals surface area contributed by atoms with Gasteiger partial charge in [-0.25, -0.2) is 0 Å². The van der Waals surface area contributed by atoms with E-state index in [1.165, 1.54) is 6.07 Å². The summed E-state index contributed by atoms with van der Waals surface area (Å²) in [4.78, 5) is 0. The Morgan fingerprint density at radius 1 is 1.09 bits per heavy atom. The average molecular weight is 310 g/mol. The molecule has 0 spiro atoms. The second-order valence-electron chi connectivity index (χ2n) is 5.08. The van der Waals surface area contributed by atoms with Crippen LogP contribution in [0, 0.1) is 6.92 Å². The Morgan fingerprint density at radius 3 is 2.45 bits per heavy atom. The molecule has 0 saturated heterocycles. The molecule has 0 amide bonds. The molecule has 2 nitrogen and oxygen atoms in total. The van der Waals surface area contributed by atoms with Crippen LogP contribution in [0.1, 0.15) is 22.6 Å². The maximum Gasteiger partial charge on any atom is 0.416 e. The van der Waals surface area contributed by atoms with Gasteiger partial charge in [-0.15, -0.1) is 0 Å². The molecule has 0 bridgehead atoms. The van der Waals surface area contributed by atoms with Crippen molar-refractivity contribution in [2.45, 2.75) is 19.0 Å². The van der Waals surface area contributed by atoms with Gasteiger partial charge in [-0.2, -0.15) is 13.2 Å². The molecule has 1 atom stereocenters. The molecule has 0 radical (unpaired) electrons. The number of aliphatic hydroxyl groups excluding tert-OH is 1. The third-order valence-corrected chi connectivity index (χ3v) is 3.44. The number of para-hydroxylation sites is 1. The summed E-state index contributed by atoms with van der Waals surface area (Å²) in [6, 6.07) is 12.3. The summed E-state index contributed by atoms with van der Waals surface area (Å²) in [6.45, 7) is 1.71. The number of benzene rings is 2. The first-order chi connectivity index (χ1) is 10.4. The molecule has 0 saturated carbocycles. The molecule has 22 heavy (non-hydrogen) atoms. The van der Waals surface area contributed by atoms with Crippen LogP contribution in [0.25, 0.3) is 0 Å². The molecule has 2 aromatic carbocycles. The lowest BCUT2D eigenvalue weighted by Gasteiger charge is -2.18. The van der Waals surface area contributed by atoms with E-state index in [1.54, 1.807) is 12.1 Å². The van der Waals surface area contributed by atoms with Crippen molar-refractivity contribution in [2.75, 3.05) is 13.2 Å². The Morgan fingerprint density at radius 2 is 1.82 bits per heavy atom. The summed E-state index contributed by atoms with van der Waals surface area (Å²) in [5, 5.41) is 9.46. The van der Waals surface area contributed by atoms with Crippen LogP contribution in [0.4, 0.5) is 13.2 Å². The maximum atomic E-state index is 12.7. The Hall–Kier alpha value is -2.01. The van der Waals surface area contributed by atoms with Gasteiger partial charge in [-0.1, -0.05) is 36.4 Å². The van der Waals surface area contributed by atoms with Gasteiger partial charge >= 0.3 is 6.18 Å². The van der Waals surface area contributed by atoms with Crippen molar-refractivity contribution in [3.8, 4) is 5.75 Å². The van der Waals surface area contributed by atoms with Crippen molar-refractivity contribution in [1.29, 1.82) is 0 Å². The molecule has 2 rings (SSSR count). The van der Waals surface area contributed by atoms with Gasteiger partial charge in [0.25, 0.3) is 0 Å². The van der Waals surface area contributed by atoms with Gasteiger partial charge in [-0.3, -0.25) is 0 Å². The average Bonchev–Trinajstić information content (AvgIpc) is 2.49. The van der Waals surface area contributed by atoms with Gasteiger partial charge in [-0.05, 0) is 30.2 Å². The van der Waals surface area contributed by atoms with Gasteiger partial charge in [0, 0.05) is 5.92 Å². The number of aliphatic hydroxyl groups is 1. The zero-order valence-electron chi connectivity index (χ0n) is 12.1. The van der Waals surface area contributed by atoms with Crippen LogP contribution in [0.2, 0.25) is 0 Å². The van der Waals surface area contributed by atoms with Crippen molar-refractivity contribution < 1.29 is 23.0 Å². The minimum atomic E-state index is -4.40. The molecule has 0 aliphatic heterocycles. The standard InChI is InChI=1S/C17H17F3O2/c1-12-5-2-3-8-16(12)22-11-14(10-21)13-6-4-7-15(9-13)17(18,19)20/h2-9,14,21H,10-11H2,1H3. The summed E-state index contributed by atoms with van der Waals surface area (Å²) in [6.07, 6.45) is -4.40. The number of alkyl halides is 3. The Bertz CT molecular complexity index is 623. The van der Waals surface area contributed by atoms with Crippen LogP contribution >= 0.6 is 0 Å². The summed E-state index contributed by atoms with van der Waals surface area (Å²) in [7, 11) is 0. The van der Waals surface area contributed by atoms with E-state index in [9.17, 15) is 18.3 Å². The first-order valence-electron chi connectivity index (χ1n) is 6.88. The summed E-state index contributed by atoms with van der Waals surface area (Å²) in [5.41, 5.74) is 0.619. The van der Waals surface area contributed by atoms with E-state index < -0.39 is 17.7 Å². The van der Waals surface area contributed by atoms with Crippen molar-refractivity contribution in [3.63, 3.8) is 0 Å². The highest BCUT2D eigenvalue weighted by Crippen LogP contribution is 2.31. The van der Waals surface area contributed by atoms with E-state index in [1.807, 2.05) is 25.1 Å². The predicted molar refractivity (Wildman–Crippen MR) is 77.9 cm³/mol. The van der Waals surface area contributed by atoms with Crippen molar-refractivity contribution in [2.24, 2.45) is 0 Å². The second kappa shape index (κ2) is 6.83. The molecule has 0 fully saturated rings. The molecule has 1 unspecified atom stereocenters. The van der Waals surface area contributed by atoms with Crippen LogP contribution < -0.4 is 4.74 Å². The van der Waals surface area contributed by atoms with Gasteiger partial charge in [0.05, 0.1) is 18.8 Å². The minimum Gasteiger partial charge on any atom is -0.493 e. The van der Waals surface area contributed by atoms with E-state index >= 15 is 0 Å². The zero-order chi connectivity index (χ0) is 16.2. The van der Waals surface area contributed by atoms with Crippen molar-refractivity contribution >= 4 is 0 Å². The maximum absolute atomic E-state index is 12.7. The number of ether oxygens (including phenoxy) is 1. The lowest BCUT2D eigenvalue weighted by Crippen LogP contribution is -2.16. The number of aryl methyl sites for hydroxylation is 1. The van der Waals surface area contributed by atoms with E-state index in [0.717, 1.165) is 17.7 Å². The van der Waals surface area contributed by atoms with Crippen molar-refractivity contribution in [1.82, 2.24) is 0 Å². The molecular formula is C17H17F3O2. The smallest absolute Gasteiger partial charge is 0.416 e. The molecular weight excluding hydrogens is 293 g/mol. The summed E-state index contributed by atoms with van der Waals surface area (Å²) >= 11 is 0. The molecule has 0 heterocycles. The highest BCUT2D eigenvalue weighted by atomic mass is 19.4. The topological polar surface area (TPSA) is 29.5 Å². The quantitative estimate of drug-likeness (QED) is 0.898. The lowest BCUT2D eigenvalue weighted by molar-refractivity contribution is -0.137. The number of hydrogen-bond acceptors (Lipinski definition) is 2. The lowest BCUT2D eigenvalue weighted by atomic mass is 9.98. The van der Waals surface area contributed by atoms with Gasteiger partial charge in [0.15, 0.2) is 0 Å². The fourth-order valence-corrected chi connectivity index (χ4v) is 2.13. The minimum absolute atomic E-state index is 0.114. The third kappa shape index (κ3) is 4.01. The first-order valence-corrected chi connectivity index (χ1v) is 6.88. The highest BCUT2D eigenvalue weighted by molar-refractivity contribution is 5.32. The van der Waals surface area contributed by atoms with Crippen LogP contribution in [0.5, 0.6) is 5.75 Å². The van der Waals surface area contributed by atoms with Gasteiger partial charge < -0.3 is 9.84 Å². The normalized spacial score (nSPS) is 13.0. The third-order valence-electron chi connectivity index (χ3n) is 3.44. The Balaban J connectivity index is 2.14. The fraction of sp³-hybridized carbons (Fsp3) is 0.294. The van der Waals surface area contributed by atoms with Crippen LogP contribution in [0.15, 0.2) is 48.5 Å². The van der Waals surface area contributed by atoms with Crippen LogP contribution in [-0.4, -0.2) is 18.3 Å². The fourth-order valence-electron chi connectivity index (χ4n) is 2.13. The molecule has 1 N–H and O–H groups in total. The molecule has 0 aliphatic carbocycles. The van der Waals surface area contributed by atoms with E-state index in [4.69, 9.17) is 4.74 Å².